The average molecular weight is 289 g/mol. The summed E-state index contributed by atoms with van der Waals surface area (Å²) in [5.41, 5.74) is 1.88. The molecule has 0 bridgehead atoms. The lowest BCUT2D eigenvalue weighted by molar-refractivity contribution is 0.452. The maximum absolute atomic E-state index is 10.3. The van der Waals surface area contributed by atoms with Gasteiger partial charge in [-0.15, -0.1) is 0 Å². The number of phenolic OH excluding ortho intramolecular Hbond substituents is 1. The van der Waals surface area contributed by atoms with Gasteiger partial charge in [-0.05, 0) is 39.8 Å². The molecule has 4 heteroatoms. The molecule has 0 saturated carbocycles. The Morgan fingerprint density at radius 1 is 1.33 bits per heavy atom. The second-order valence-corrected chi connectivity index (χ2v) is 5.49. The number of nitriles is 1. The van der Waals surface area contributed by atoms with Crippen molar-refractivity contribution < 1.29 is 5.11 Å². The summed E-state index contributed by atoms with van der Waals surface area (Å²) in [4.78, 5) is 2.11. The first kappa shape index (κ1) is 17.3. The maximum Gasteiger partial charge on any atom is 0.122 e. The van der Waals surface area contributed by atoms with E-state index in [2.05, 4.69) is 37.1 Å². The molecule has 2 atom stereocenters. The van der Waals surface area contributed by atoms with Crippen LogP contribution in [0.25, 0.3) is 0 Å². The number of anilines is 1. The molecule has 1 rings (SSSR count). The average Bonchev–Trinajstić information content (AvgIpc) is 2.49. The smallest absolute Gasteiger partial charge is 0.122 e. The Morgan fingerprint density at radius 3 is 2.57 bits per heavy atom. The van der Waals surface area contributed by atoms with Crippen LogP contribution in [0.5, 0.6) is 5.75 Å². The van der Waals surface area contributed by atoms with Gasteiger partial charge in [0.1, 0.15) is 5.75 Å². The summed E-state index contributed by atoms with van der Waals surface area (Å²) in [6.45, 7) is 10.6. The van der Waals surface area contributed by atoms with Crippen LogP contribution in [0.3, 0.4) is 0 Å². The number of benzene rings is 1. The van der Waals surface area contributed by atoms with Gasteiger partial charge in [-0.1, -0.05) is 13.0 Å². The summed E-state index contributed by atoms with van der Waals surface area (Å²) in [6, 6.07) is 8.17. The van der Waals surface area contributed by atoms with Gasteiger partial charge >= 0.3 is 0 Å². The highest BCUT2D eigenvalue weighted by Gasteiger charge is 2.14. The van der Waals surface area contributed by atoms with Crippen LogP contribution in [0.15, 0.2) is 18.2 Å². The number of nitrogens with one attached hydrogen (secondary N) is 1. The summed E-state index contributed by atoms with van der Waals surface area (Å²) in [7, 11) is 0. The molecule has 0 aliphatic carbocycles. The minimum Gasteiger partial charge on any atom is -0.508 e. The molecule has 0 spiro atoms. The number of phenols is 1. The molecule has 0 aliphatic heterocycles. The Kier molecular flexibility index (Phi) is 7.04. The number of rotatable bonds is 8. The van der Waals surface area contributed by atoms with Crippen molar-refractivity contribution in [2.75, 3.05) is 24.5 Å². The zero-order valence-corrected chi connectivity index (χ0v) is 13.6. The normalized spacial score (nSPS) is 13.5. The monoisotopic (exact) mass is 289 g/mol. The van der Waals surface area contributed by atoms with Crippen LogP contribution in [0.2, 0.25) is 0 Å². The van der Waals surface area contributed by atoms with Crippen molar-refractivity contribution in [1.29, 1.82) is 5.26 Å². The standard InChI is InChI=1S/C17H27N3O/c1-5-9-19-14(4)16-8-7-15(10-17(16)21)20(6-2)12-13(3)11-18/h7-8,10,13-14,19,21H,5-6,9,12H2,1-4H3. The van der Waals surface area contributed by atoms with E-state index < -0.39 is 0 Å². The van der Waals surface area contributed by atoms with E-state index in [0.717, 1.165) is 30.8 Å². The number of hydrogen-bond donors (Lipinski definition) is 2. The van der Waals surface area contributed by atoms with Gasteiger partial charge in [0.2, 0.25) is 0 Å². The predicted molar refractivity (Wildman–Crippen MR) is 87.5 cm³/mol. The third-order valence-electron chi connectivity index (χ3n) is 3.64. The molecular formula is C17H27N3O. The highest BCUT2D eigenvalue weighted by Crippen LogP contribution is 2.29. The highest BCUT2D eigenvalue weighted by atomic mass is 16.3. The van der Waals surface area contributed by atoms with Gasteiger partial charge in [-0.25, -0.2) is 0 Å². The Hall–Kier alpha value is -1.73. The Morgan fingerprint density at radius 2 is 2.05 bits per heavy atom. The molecule has 1 aromatic rings. The molecule has 0 heterocycles. The molecule has 0 aromatic heterocycles. The maximum atomic E-state index is 10.3. The van der Waals surface area contributed by atoms with Crippen LogP contribution in [0.4, 0.5) is 5.69 Å². The van der Waals surface area contributed by atoms with Crippen LogP contribution in [0, 0.1) is 17.2 Å². The molecule has 0 saturated heterocycles. The Balaban J connectivity index is 2.87. The molecule has 116 valence electrons. The predicted octanol–water partition coefficient (Wildman–Crippen LogP) is 3.44. The zero-order valence-electron chi connectivity index (χ0n) is 13.6. The fraction of sp³-hybridized carbons (Fsp3) is 0.588. The number of aromatic hydroxyl groups is 1. The molecule has 0 radical (unpaired) electrons. The van der Waals surface area contributed by atoms with Gasteiger partial charge in [0.05, 0.1) is 12.0 Å². The zero-order chi connectivity index (χ0) is 15.8. The number of hydrogen-bond acceptors (Lipinski definition) is 4. The van der Waals surface area contributed by atoms with Crippen LogP contribution >= 0.6 is 0 Å². The van der Waals surface area contributed by atoms with E-state index in [1.807, 2.05) is 19.1 Å². The Bertz CT molecular complexity index is 481. The highest BCUT2D eigenvalue weighted by molar-refractivity contribution is 5.54. The van der Waals surface area contributed by atoms with E-state index in [1.165, 1.54) is 0 Å². The third-order valence-corrected chi connectivity index (χ3v) is 3.64. The molecule has 1 aromatic carbocycles. The molecule has 4 nitrogen and oxygen atoms in total. The molecule has 21 heavy (non-hydrogen) atoms. The van der Waals surface area contributed by atoms with Crippen LogP contribution in [0.1, 0.15) is 45.7 Å². The van der Waals surface area contributed by atoms with Gasteiger partial charge in [0.25, 0.3) is 0 Å². The molecule has 0 aliphatic rings. The lowest BCUT2D eigenvalue weighted by Gasteiger charge is -2.25. The SMILES string of the molecule is CCCNC(C)c1ccc(N(CC)CC(C)C#N)cc1O. The quantitative estimate of drug-likeness (QED) is 0.769. The first-order valence-corrected chi connectivity index (χ1v) is 7.74. The van der Waals surface area contributed by atoms with Crippen molar-refractivity contribution in [3.05, 3.63) is 23.8 Å². The third kappa shape index (κ3) is 4.95. The summed E-state index contributed by atoms with van der Waals surface area (Å²) in [6.07, 6.45) is 1.07. The van der Waals surface area contributed by atoms with E-state index >= 15 is 0 Å². The van der Waals surface area contributed by atoms with Gasteiger partial charge in [0, 0.05) is 36.4 Å². The fourth-order valence-corrected chi connectivity index (χ4v) is 2.35. The van der Waals surface area contributed by atoms with E-state index in [0.29, 0.717) is 12.3 Å². The largest absolute Gasteiger partial charge is 0.508 e. The van der Waals surface area contributed by atoms with Crippen molar-refractivity contribution in [3.63, 3.8) is 0 Å². The summed E-state index contributed by atoms with van der Waals surface area (Å²) in [5, 5.41) is 22.6. The minimum atomic E-state index is -0.0306. The van der Waals surface area contributed by atoms with Crippen molar-refractivity contribution >= 4 is 5.69 Å². The minimum absolute atomic E-state index is 0.0306. The molecule has 0 amide bonds. The molecule has 2 unspecified atom stereocenters. The summed E-state index contributed by atoms with van der Waals surface area (Å²) in [5.74, 6) is 0.281. The first-order valence-electron chi connectivity index (χ1n) is 7.74. The van der Waals surface area contributed by atoms with Crippen molar-refractivity contribution in [2.24, 2.45) is 5.92 Å². The van der Waals surface area contributed by atoms with Gasteiger partial charge in [-0.3, -0.25) is 0 Å². The first-order chi connectivity index (χ1) is 10.0. The van der Waals surface area contributed by atoms with E-state index in [4.69, 9.17) is 5.26 Å². The van der Waals surface area contributed by atoms with Crippen molar-refractivity contribution in [2.45, 2.75) is 40.2 Å². The van der Waals surface area contributed by atoms with E-state index in [1.54, 1.807) is 6.07 Å². The van der Waals surface area contributed by atoms with E-state index in [9.17, 15) is 5.11 Å². The van der Waals surface area contributed by atoms with Gasteiger partial charge in [-0.2, -0.15) is 5.26 Å². The summed E-state index contributed by atoms with van der Waals surface area (Å²) >= 11 is 0. The second kappa shape index (κ2) is 8.53. The van der Waals surface area contributed by atoms with Crippen LogP contribution in [-0.2, 0) is 0 Å². The molecular weight excluding hydrogens is 262 g/mol. The molecule has 2 N–H and O–H groups in total. The van der Waals surface area contributed by atoms with Crippen molar-refractivity contribution in [3.8, 4) is 11.8 Å². The molecule has 0 fully saturated rings. The number of nitrogens with zero attached hydrogens (tertiary/aromatic N) is 2. The van der Waals surface area contributed by atoms with Gasteiger partial charge < -0.3 is 15.3 Å². The Labute approximate surface area is 128 Å². The lowest BCUT2D eigenvalue weighted by atomic mass is 10.1. The fourth-order valence-electron chi connectivity index (χ4n) is 2.35. The second-order valence-electron chi connectivity index (χ2n) is 5.49. The summed E-state index contributed by atoms with van der Waals surface area (Å²) < 4.78 is 0. The van der Waals surface area contributed by atoms with Crippen molar-refractivity contribution in [1.82, 2.24) is 5.32 Å². The van der Waals surface area contributed by atoms with Crippen LogP contribution in [-0.4, -0.2) is 24.7 Å². The van der Waals surface area contributed by atoms with Gasteiger partial charge in [0.15, 0.2) is 0 Å². The lowest BCUT2D eigenvalue weighted by Crippen LogP contribution is -2.27. The topological polar surface area (TPSA) is 59.3 Å². The van der Waals surface area contributed by atoms with Crippen LogP contribution < -0.4 is 10.2 Å². The van der Waals surface area contributed by atoms with E-state index in [-0.39, 0.29) is 12.0 Å².